The van der Waals surface area contributed by atoms with E-state index in [1.807, 2.05) is 30.0 Å². The molecular weight excluding hydrogens is 634 g/mol. The summed E-state index contributed by atoms with van der Waals surface area (Å²) in [5.74, 6) is 0.334. The number of hydrogen-bond acceptors (Lipinski definition) is 10. The Balaban J connectivity index is 0.000000886. The van der Waals surface area contributed by atoms with Crippen LogP contribution in [-0.4, -0.2) is 63.7 Å². The van der Waals surface area contributed by atoms with Gasteiger partial charge in [0, 0.05) is 40.8 Å². The van der Waals surface area contributed by atoms with Crippen LogP contribution in [0, 0.1) is 6.92 Å². The number of carbonyl (C=O) groups is 1. The first-order chi connectivity index (χ1) is 17.6. The maximum absolute atomic E-state index is 10.2. The number of phenolic OH excluding ortho intramolecular Hbond substituents is 1. The number of aromatic nitrogens is 3. The monoisotopic (exact) mass is 655 g/mol. The number of carboxylic acid groups (broad SMARTS) is 1. The number of rotatable bonds is 6. The van der Waals surface area contributed by atoms with Crippen molar-refractivity contribution in [3.63, 3.8) is 0 Å². The van der Waals surface area contributed by atoms with Gasteiger partial charge in [0.25, 0.3) is 5.97 Å². The number of phenols is 1. The van der Waals surface area contributed by atoms with Gasteiger partial charge in [-0.25, -0.2) is 5.43 Å². The molecule has 2 heterocycles. The molecule has 1 aliphatic heterocycles. The molecule has 4 rings (SSSR count). The van der Waals surface area contributed by atoms with Crippen molar-refractivity contribution in [1.82, 2.24) is 15.0 Å². The van der Waals surface area contributed by atoms with E-state index in [4.69, 9.17) is 26.2 Å². The smallest absolute Gasteiger partial charge is 0.300 e. The number of hydrogen-bond donors (Lipinski definition) is 4. The quantitative estimate of drug-likeness (QED) is 0.207. The number of hydrazone groups is 1. The first-order valence-electron chi connectivity index (χ1n) is 10.9. The molecule has 196 valence electrons. The third kappa shape index (κ3) is 8.81. The second-order valence-electron chi connectivity index (χ2n) is 7.69. The van der Waals surface area contributed by atoms with E-state index in [9.17, 15) is 5.11 Å². The molecule has 0 radical (unpaired) electrons. The number of aromatic hydroxyl groups is 1. The minimum Gasteiger partial charge on any atom is -0.506 e. The number of aryl methyl sites for hydroxylation is 1. The van der Waals surface area contributed by atoms with E-state index < -0.39 is 5.97 Å². The summed E-state index contributed by atoms with van der Waals surface area (Å²) in [4.78, 5) is 24.5. The molecule has 1 fully saturated rings. The van der Waals surface area contributed by atoms with E-state index in [0.717, 1.165) is 22.6 Å². The van der Waals surface area contributed by atoms with E-state index in [-0.39, 0.29) is 11.7 Å². The summed E-state index contributed by atoms with van der Waals surface area (Å²) in [6.45, 7) is 5.55. The van der Waals surface area contributed by atoms with Gasteiger partial charge in [-0.15, -0.1) is 0 Å². The fourth-order valence-corrected chi connectivity index (χ4v) is 4.46. The molecule has 0 saturated carbocycles. The van der Waals surface area contributed by atoms with Crippen LogP contribution in [0.3, 0.4) is 0 Å². The number of benzene rings is 2. The topological polar surface area (TPSA) is 145 Å². The lowest BCUT2D eigenvalue weighted by Crippen LogP contribution is -2.37. The molecule has 1 aromatic heterocycles. The third-order valence-corrected chi connectivity index (χ3v) is 6.24. The van der Waals surface area contributed by atoms with Crippen LogP contribution in [0.1, 0.15) is 18.1 Å². The van der Waals surface area contributed by atoms with Gasteiger partial charge in [0.15, 0.2) is 0 Å². The number of carboxylic acids is 1. The second kappa shape index (κ2) is 13.5. The Morgan fingerprint density at radius 2 is 1.84 bits per heavy atom. The van der Waals surface area contributed by atoms with Gasteiger partial charge >= 0.3 is 0 Å². The molecule has 2 aromatic carbocycles. The van der Waals surface area contributed by atoms with Crippen molar-refractivity contribution >= 4 is 79.2 Å². The fourth-order valence-electron chi connectivity index (χ4n) is 3.02. The summed E-state index contributed by atoms with van der Waals surface area (Å²) in [5.41, 5.74) is 5.07. The standard InChI is InChI=1S/C21H20Br2ClN7O2.C2H4O2/c1-12-2-3-15(10-17(12)24)26-19-27-20(29-21(28-19)31-4-6-33-7-5-31)30-25-11-13-8-14(22)9-16(23)18(13)32;1-2(3)4/h2-3,8-11,32H,4-7H2,1H3,(H2,26,27,28,29,30);1H3,(H,3,4). The first kappa shape index (κ1) is 28.6. The molecule has 1 aliphatic rings. The van der Waals surface area contributed by atoms with Crippen LogP contribution in [0.15, 0.2) is 44.4 Å². The first-order valence-corrected chi connectivity index (χ1v) is 12.9. The van der Waals surface area contributed by atoms with Gasteiger partial charge in [0.2, 0.25) is 17.8 Å². The maximum atomic E-state index is 10.2. The molecule has 4 N–H and O–H groups in total. The molecule has 37 heavy (non-hydrogen) atoms. The summed E-state index contributed by atoms with van der Waals surface area (Å²) in [6, 6.07) is 9.12. The number of halogens is 3. The highest BCUT2D eigenvalue weighted by Crippen LogP contribution is 2.30. The minimum atomic E-state index is -0.833. The second-order valence-corrected chi connectivity index (χ2v) is 9.86. The molecular formula is C23H24Br2ClN7O4. The molecule has 0 bridgehead atoms. The lowest BCUT2D eigenvalue weighted by molar-refractivity contribution is -0.134. The largest absolute Gasteiger partial charge is 0.506 e. The van der Waals surface area contributed by atoms with Crippen molar-refractivity contribution < 1.29 is 19.7 Å². The summed E-state index contributed by atoms with van der Waals surface area (Å²) >= 11 is 13.0. The van der Waals surface area contributed by atoms with Gasteiger partial charge in [0.05, 0.1) is 23.9 Å². The lowest BCUT2D eigenvalue weighted by atomic mass is 10.2. The fraction of sp³-hybridized carbons (Fsp3) is 0.261. The zero-order valence-corrected chi connectivity index (χ0v) is 23.8. The molecule has 0 unspecified atom stereocenters. The zero-order valence-electron chi connectivity index (χ0n) is 19.9. The van der Waals surface area contributed by atoms with Gasteiger partial charge in [0.1, 0.15) is 5.75 Å². The van der Waals surface area contributed by atoms with E-state index in [2.05, 4.69) is 62.7 Å². The number of anilines is 4. The van der Waals surface area contributed by atoms with Crippen LogP contribution < -0.4 is 15.6 Å². The average Bonchev–Trinajstić information content (AvgIpc) is 2.84. The summed E-state index contributed by atoms with van der Waals surface area (Å²) in [6.07, 6.45) is 1.48. The van der Waals surface area contributed by atoms with Crippen LogP contribution in [0.2, 0.25) is 5.02 Å². The predicted octanol–water partition coefficient (Wildman–Crippen LogP) is 5.18. The van der Waals surface area contributed by atoms with E-state index in [1.54, 1.807) is 12.1 Å². The Morgan fingerprint density at radius 1 is 1.16 bits per heavy atom. The SMILES string of the molecule is CC(=O)O.Cc1ccc(Nc2nc(NN=Cc3cc(Br)cc(Br)c3O)nc(N3CCOCC3)n2)cc1Cl. The molecule has 0 amide bonds. The number of morpholine rings is 1. The number of ether oxygens (including phenoxy) is 1. The Bertz CT molecular complexity index is 1290. The van der Waals surface area contributed by atoms with Crippen LogP contribution in [0.25, 0.3) is 0 Å². The lowest BCUT2D eigenvalue weighted by Gasteiger charge is -2.27. The van der Waals surface area contributed by atoms with Gasteiger partial charge in [-0.05, 0) is 52.7 Å². The van der Waals surface area contributed by atoms with Crippen molar-refractivity contribution in [2.75, 3.05) is 41.9 Å². The summed E-state index contributed by atoms with van der Waals surface area (Å²) in [7, 11) is 0. The third-order valence-electron chi connectivity index (χ3n) is 4.77. The molecule has 0 atom stereocenters. The van der Waals surface area contributed by atoms with E-state index >= 15 is 0 Å². The number of nitrogens with one attached hydrogen (secondary N) is 2. The predicted molar refractivity (Wildman–Crippen MR) is 150 cm³/mol. The normalized spacial score (nSPS) is 13.2. The van der Waals surface area contributed by atoms with Gasteiger partial charge in [-0.2, -0.15) is 20.1 Å². The highest BCUT2D eigenvalue weighted by Gasteiger charge is 2.17. The highest BCUT2D eigenvalue weighted by atomic mass is 79.9. The van der Waals surface area contributed by atoms with Crippen molar-refractivity contribution in [3.8, 4) is 5.75 Å². The Hall–Kier alpha value is -3.00. The molecule has 11 nitrogen and oxygen atoms in total. The molecule has 0 aliphatic carbocycles. The van der Waals surface area contributed by atoms with Gasteiger partial charge < -0.3 is 25.2 Å². The molecule has 14 heteroatoms. The highest BCUT2D eigenvalue weighted by molar-refractivity contribution is 9.11. The zero-order chi connectivity index (χ0) is 26.9. The molecule has 3 aromatic rings. The van der Waals surface area contributed by atoms with Crippen LogP contribution >= 0.6 is 43.5 Å². The average molecular weight is 658 g/mol. The van der Waals surface area contributed by atoms with Crippen LogP contribution in [0.5, 0.6) is 5.75 Å². The van der Waals surface area contributed by atoms with Crippen LogP contribution in [-0.2, 0) is 9.53 Å². The Labute approximate surface area is 235 Å². The van der Waals surface area contributed by atoms with E-state index in [0.29, 0.717) is 53.3 Å². The van der Waals surface area contributed by atoms with E-state index in [1.165, 1.54) is 6.21 Å². The number of nitrogens with zero attached hydrogens (tertiary/aromatic N) is 5. The van der Waals surface area contributed by atoms with Crippen molar-refractivity contribution in [1.29, 1.82) is 0 Å². The van der Waals surface area contributed by atoms with Crippen molar-refractivity contribution in [2.24, 2.45) is 5.10 Å². The minimum absolute atomic E-state index is 0.0759. The summed E-state index contributed by atoms with van der Waals surface area (Å²) < 4.78 is 6.78. The van der Waals surface area contributed by atoms with Gasteiger partial charge in [-0.3, -0.25) is 4.79 Å². The van der Waals surface area contributed by atoms with Gasteiger partial charge in [-0.1, -0.05) is 33.6 Å². The molecule has 1 saturated heterocycles. The van der Waals surface area contributed by atoms with Crippen LogP contribution in [0.4, 0.5) is 23.5 Å². The van der Waals surface area contributed by atoms with Crippen molar-refractivity contribution in [3.05, 3.63) is 55.4 Å². The summed E-state index contributed by atoms with van der Waals surface area (Å²) in [5, 5.41) is 25.6. The molecule has 0 spiro atoms. The maximum Gasteiger partial charge on any atom is 0.300 e. The van der Waals surface area contributed by atoms with Crippen molar-refractivity contribution in [2.45, 2.75) is 13.8 Å². The Morgan fingerprint density at radius 3 is 2.51 bits per heavy atom. The Kier molecular flexibility index (Phi) is 10.4. The number of aliphatic carboxylic acids is 1.